The molecule has 0 aromatic heterocycles. The minimum absolute atomic E-state index is 0.153. The minimum Gasteiger partial charge on any atom is -0.395 e. The van der Waals surface area contributed by atoms with Crippen molar-refractivity contribution in [1.29, 1.82) is 0 Å². The number of hydrogen-bond donors (Lipinski definition) is 3. The zero-order valence-corrected chi connectivity index (χ0v) is 12.7. The number of rotatable bonds is 6. The molecule has 24 heavy (non-hydrogen) atoms. The predicted octanol–water partition coefficient (Wildman–Crippen LogP) is 3.04. The molecule has 2 aromatic rings. The van der Waals surface area contributed by atoms with Gasteiger partial charge in [-0.15, -0.1) is 0 Å². The number of benzene rings is 2. The van der Waals surface area contributed by atoms with Gasteiger partial charge in [0.2, 0.25) is 0 Å². The van der Waals surface area contributed by atoms with E-state index in [1.165, 1.54) is 6.07 Å². The number of nitrogens with one attached hydrogen (secondary N) is 2. The number of anilines is 1. The second-order valence-corrected chi connectivity index (χ2v) is 5.11. The number of carbonyl (C=O) groups is 1. The monoisotopic (exact) mass is 338 g/mol. The maximum absolute atomic E-state index is 12.7. The summed E-state index contributed by atoms with van der Waals surface area (Å²) in [6.45, 7) is 0.200. The smallest absolute Gasteiger partial charge is 0.395 e. The molecule has 0 aliphatic heterocycles. The first kappa shape index (κ1) is 17.8. The van der Waals surface area contributed by atoms with Crippen molar-refractivity contribution in [3.8, 4) is 0 Å². The van der Waals surface area contributed by atoms with E-state index in [9.17, 15) is 18.0 Å². The van der Waals surface area contributed by atoms with Crippen LogP contribution in [-0.2, 0) is 12.7 Å². The Morgan fingerprint density at radius 1 is 1.08 bits per heavy atom. The summed E-state index contributed by atoms with van der Waals surface area (Å²) in [5.74, 6) is -0.327. The van der Waals surface area contributed by atoms with E-state index >= 15 is 0 Å². The zero-order chi connectivity index (χ0) is 17.6. The van der Waals surface area contributed by atoms with Crippen molar-refractivity contribution < 1.29 is 23.1 Å². The molecule has 4 nitrogen and oxygen atoms in total. The molecule has 0 aliphatic rings. The van der Waals surface area contributed by atoms with E-state index in [4.69, 9.17) is 5.11 Å². The molecule has 0 saturated heterocycles. The van der Waals surface area contributed by atoms with Crippen LogP contribution in [0.4, 0.5) is 18.9 Å². The van der Waals surface area contributed by atoms with E-state index in [2.05, 4.69) is 10.6 Å². The van der Waals surface area contributed by atoms with Crippen LogP contribution in [0.1, 0.15) is 21.5 Å². The van der Waals surface area contributed by atoms with Gasteiger partial charge in [-0.1, -0.05) is 18.2 Å². The highest BCUT2D eigenvalue weighted by atomic mass is 19.4. The van der Waals surface area contributed by atoms with Crippen LogP contribution in [0.5, 0.6) is 0 Å². The summed E-state index contributed by atoms with van der Waals surface area (Å²) in [7, 11) is 0. The second-order valence-electron chi connectivity index (χ2n) is 5.11. The Kier molecular flexibility index (Phi) is 5.81. The second kappa shape index (κ2) is 7.83. The highest BCUT2D eigenvalue weighted by Gasteiger charge is 2.30. The van der Waals surface area contributed by atoms with Crippen LogP contribution >= 0.6 is 0 Å². The molecule has 0 aliphatic carbocycles. The molecule has 2 aromatic carbocycles. The maximum Gasteiger partial charge on any atom is 0.416 e. The lowest BCUT2D eigenvalue weighted by Crippen LogP contribution is -2.26. The van der Waals surface area contributed by atoms with Crippen molar-refractivity contribution in [1.82, 2.24) is 5.32 Å². The lowest BCUT2D eigenvalue weighted by molar-refractivity contribution is -0.137. The first-order valence-corrected chi connectivity index (χ1v) is 7.29. The fourth-order valence-electron chi connectivity index (χ4n) is 2.10. The van der Waals surface area contributed by atoms with Gasteiger partial charge >= 0.3 is 6.18 Å². The van der Waals surface area contributed by atoms with E-state index in [1.807, 2.05) is 0 Å². The van der Waals surface area contributed by atoms with Crippen molar-refractivity contribution in [3.05, 3.63) is 65.2 Å². The normalized spacial score (nSPS) is 11.2. The zero-order valence-electron chi connectivity index (χ0n) is 12.7. The Hall–Kier alpha value is -2.54. The quantitative estimate of drug-likeness (QED) is 0.759. The molecule has 0 atom stereocenters. The molecule has 1 amide bonds. The molecule has 0 fully saturated rings. The third kappa shape index (κ3) is 4.99. The predicted molar refractivity (Wildman–Crippen MR) is 84.6 cm³/mol. The molecule has 2 rings (SSSR count). The van der Waals surface area contributed by atoms with Gasteiger partial charge in [0, 0.05) is 24.3 Å². The van der Waals surface area contributed by atoms with Crippen LogP contribution in [-0.4, -0.2) is 24.2 Å². The van der Waals surface area contributed by atoms with Gasteiger partial charge in [-0.05, 0) is 35.9 Å². The third-order valence-electron chi connectivity index (χ3n) is 3.27. The van der Waals surface area contributed by atoms with Crippen molar-refractivity contribution in [2.75, 3.05) is 18.5 Å². The molecule has 0 bridgehead atoms. The largest absolute Gasteiger partial charge is 0.416 e. The number of alkyl halides is 3. The number of hydrogen-bond acceptors (Lipinski definition) is 3. The molecular weight excluding hydrogens is 321 g/mol. The van der Waals surface area contributed by atoms with Gasteiger partial charge in [-0.25, -0.2) is 0 Å². The van der Waals surface area contributed by atoms with Crippen LogP contribution in [0, 0.1) is 0 Å². The Morgan fingerprint density at radius 3 is 2.54 bits per heavy atom. The molecule has 0 saturated carbocycles. The standard InChI is InChI=1S/C17H17F3N2O2/c18-17(19,20)14-5-1-3-12(9-14)11-22-15-6-2-4-13(10-15)16(24)21-7-8-23/h1-6,9-10,22-23H,7-8,11H2,(H,21,24). The fraction of sp³-hybridized carbons (Fsp3) is 0.235. The number of halogens is 3. The molecule has 3 N–H and O–H groups in total. The van der Waals surface area contributed by atoms with E-state index < -0.39 is 11.7 Å². The van der Waals surface area contributed by atoms with Crippen LogP contribution < -0.4 is 10.6 Å². The number of aliphatic hydroxyl groups is 1. The average Bonchev–Trinajstić information content (AvgIpc) is 2.57. The van der Waals surface area contributed by atoms with Crippen molar-refractivity contribution >= 4 is 11.6 Å². The summed E-state index contributed by atoms with van der Waals surface area (Å²) < 4.78 is 38.1. The summed E-state index contributed by atoms with van der Waals surface area (Å²) in [6.07, 6.45) is -4.37. The Balaban J connectivity index is 2.03. The first-order valence-electron chi connectivity index (χ1n) is 7.29. The number of aliphatic hydroxyl groups excluding tert-OH is 1. The van der Waals surface area contributed by atoms with Gasteiger partial charge in [0.05, 0.1) is 12.2 Å². The van der Waals surface area contributed by atoms with E-state index in [0.717, 1.165) is 12.1 Å². The summed E-state index contributed by atoms with van der Waals surface area (Å²) in [5, 5.41) is 14.2. The molecule has 0 radical (unpaired) electrons. The van der Waals surface area contributed by atoms with Crippen LogP contribution in [0.3, 0.4) is 0 Å². The SMILES string of the molecule is O=C(NCCO)c1cccc(NCc2cccc(C(F)(F)F)c2)c1. The van der Waals surface area contributed by atoms with Crippen molar-refractivity contribution in [2.45, 2.75) is 12.7 Å². The van der Waals surface area contributed by atoms with Crippen molar-refractivity contribution in [2.24, 2.45) is 0 Å². The van der Waals surface area contributed by atoms with E-state index in [-0.39, 0.29) is 25.6 Å². The third-order valence-corrected chi connectivity index (χ3v) is 3.27. The van der Waals surface area contributed by atoms with Gasteiger partial charge in [-0.2, -0.15) is 13.2 Å². The van der Waals surface area contributed by atoms with Gasteiger partial charge in [0.25, 0.3) is 5.91 Å². The fourth-order valence-corrected chi connectivity index (χ4v) is 2.10. The maximum atomic E-state index is 12.7. The van der Waals surface area contributed by atoms with E-state index in [1.54, 1.807) is 30.3 Å². The molecule has 128 valence electrons. The Labute approximate surface area is 137 Å². The Morgan fingerprint density at radius 2 is 1.83 bits per heavy atom. The van der Waals surface area contributed by atoms with Gasteiger partial charge < -0.3 is 15.7 Å². The summed E-state index contributed by atoms with van der Waals surface area (Å²) in [4.78, 5) is 11.8. The summed E-state index contributed by atoms with van der Waals surface area (Å²) in [5.41, 5.74) is 0.806. The lowest BCUT2D eigenvalue weighted by atomic mass is 10.1. The molecular formula is C17H17F3N2O2. The highest BCUT2D eigenvalue weighted by molar-refractivity contribution is 5.95. The van der Waals surface area contributed by atoms with Crippen molar-refractivity contribution in [3.63, 3.8) is 0 Å². The number of carbonyl (C=O) groups excluding carboxylic acids is 1. The van der Waals surface area contributed by atoms with E-state index in [0.29, 0.717) is 16.8 Å². The topological polar surface area (TPSA) is 61.4 Å². The van der Waals surface area contributed by atoms with Crippen LogP contribution in [0.2, 0.25) is 0 Å². The highest BCUT2D eigenvalue weighted by Crippen LogP contribution is 2.29. The molecule has 0 heterocycles. The molecule has 0 spiro atoms. The van der Waals surface area contributed by atoms with Gasteiger partial charge in [0.15, 0.2) is 0 Å². The van der Waals surface area contributed by atoms with Gasteiger partial charge in [0.1, 0.15) is 0 Å². The molecule has 7 heteroatoms. The van der Waals surface area contributed by atoms with Crippen LogP contribution in [0.15, 0.2) is 48.5 Å². The summed E-state index contributed by atoms with van der Waals surface area (Å²) in [6, 6.07) is 11.7. The van der Waals surface area contributed by atoms with Crippen LogP contribution in [0.25, 0.3) is 0 Å². The van der Waals surface area contributed by atoms with Gasteiger partial charge in [-0.3, -0.25) is 4.79 Å². The first-order chi connectivity index (χ1) is 11.4. The summed E-state index contributed by atoms with van der Waals surface area (Å²) >= 11 is 0. The molecule has 0 unspecified atom stereocenters. The Bertz CT molecular complexity index is 702. The average molecular weight is 338 g/mol. The minimum atomic E-state index is -4.37. The number of amides is 1. The lowest BCUT2D eigenvalue weighted by Gasteiger charge is -2.11.